The minimum atomic E-state index is -0.920. The Balaban J connectivity index is -0.000000174. The Morgan fingerprint density at radius 3 is 0.774 bits per heavy atom. The first-order valence-corrected chi connectivity index (χ1v) is 11.9. The summed E-state index contributed by atoms with van der Waals surface area (Å²) >= 11 is 0. The molecule has 0 aromatic rings. The summed E-state index contributed by atoms with van der Waals surface area (Å²) in [6.07, 6.45) is 16.8. The predicted molar refractivity (Wildman–Crippen MR) is 115 cm³/mol. The molecule has 0 atom stereocenters. The average Bonchev–Trinajstić information content (AvgIpc) is 2.68. The predicted octanol–water partition coefficient (Wildman–Crippen LogP) is 3.29. The van der Waals surface area contributed by atoms with Crippen molar-refractivity contribution in [3.8, 4) is 0 Å². The fourth-order valence-corrected chi connectivity index (χ4v) is 2.62. The van der Waals surface area contributed by atoms with Crippen LogP contribution in [0, 0.1) is 0 Å². The molecule has 7 heteroatoms. The molecule has 0 aliphatic heterocycles. The standard InChI is InChI=1S/3C8H16O2.Fe/c3*1-2-3-4-5-6-7-8(9)10;/h3*2-7H2,1H3,(H,9,10);/q;;;+3/p-3. The molecule has 0 N–H and O–H groups in total. The maximum Gasteiger partial charge on any atom is 3.00 e. The van der Waals surface area contributed by atoms with Crippen molar-refractivity contribution in [2.45, 2.75) is 136 Å². The number of carboxylic acids is 3. The van der Waals surface area contributed by atoms with E-state index in [1.165, 1.54) is 38.5 Å². The van der Waals surface area contributed by atoms with Gasteiger partial charge in [0, 0.05) is 17.9 Å². The second-order valence-electron chi connectivity index (χ2n) is 7.61. The molecule has 0 saturated heterocycles. The Hall–Kier alpha value is -1.07. The van der Waals surface area contributed by atoms with Gasteiger partial charge in [-0.1, -0.05) is 97.8 Å². The second-order valence-corrected chi connectivity index (χ2v) is 7.61. The van der Waals surface area contributed by atoms with Crippen LogP contribution in [0.5, 0.6) is 0 Å². The molecule has 0 aromatic carbocycles. The summed E-state index contributed by atoms with van der Waals surface area (Å²) in [5.41, 5.74) is 0. The van der Waals surface area contributed by atoms with E-state index in [-0.39, 0.29) is 36.3 Å². The van der Waals surface area contributed by atoms with Crippen LogP contribution in [0.2, 0.25) is 0 Å². The van der Waals surface area contributed by atoms with Crippen LogP contribution in [-0.4, -0.2) is 17.9 Å². The van der Waals surface area contributed by atoms with E-state index >= 15 is 0 Å². The van der Waals surface area contributed by atoms with Gasteiger partial charge in [-0.15, -0.1) is 0 Å². The molecular weight excluding hydrogens is 440 g/mol. The number of hydrogen-bond acceptors (Lipinski definition) is 6. The zero-order valence-electron chi connectivity index (χ0n) is 20.0. The minimum Gasteiger partial charge on any atom is -0.550 e. The van der Waals surface area contributed by atoms with Gasteiger partial charge >= 0.3 is 17.1 Å². The van der Waals surface area contributed by atoms with Gasteiger partial charge in [0.05, 0.1) is 0 Å². The molecule has 0 fully saturated rings. The minimum absolute atomic E-state index is 0. The molecule has 1 radical (unpaired) electrons. The first-order valence-electron chi connectivity index (χ1n) is 11.9. The number of carbonyl (C=O) groups excluding carboxylic acids is 3. The number of unbranched alkanes of at least 4 members (excludes halogenated alkanes) is 12. The van der Waals surface area contributed by atoms with E-state index in [0.29, 0.717) is 0 Å². The Morgan fingerprint density at radius 1 is 0.419 bits per heavy atom. The van der Waals surface area contributed by atoms with Crippen LogP contribution in [0.4, 0.5) is 0 Å². The van der Waals surface area contributed by atoms with Crippen LogP contribution in [-0.2, 0) is 31.5 Å². The summed E-state index contributed by atoms with van der Waals surface area (Å²) in [4.78, 5) is 29.8. The number of carboxylic acid groups (broad SMARTS) is 3. The molecule has 31 heavy (non-hydrogen) atoms. The Morgan fingerprint density at radius 2 is 0.613 bits per heavy atom. The molecule has 0 heterocycles. The van der Waals surface area contributed by atoms with Crippen molar-refractivity contribution < 1.29 is 46.8 Å². The summed E-state index contributed by atoms with van der Waals surface area (Å²) in [5.74, 6) is -2.76. The summed E-state index contributed by atoms with van der Waals surface area (Å²) in [5, 5.41) is 29.8. The number of rotatable bonds is 18. The van der Waals surface area contributed by atoms with E-state index < -0.39 is 17.9 Å². The molecule has 0 aromatic heterocycles. The van der Waals surface area contributed by atoms with Crippen molar-refractivity contribution in [1.82, 2.24) is 0 Å². The molecule has 6 nitrogen and oxygen atoms in total. The molecule has 0 bridgehead atoms. The van der Waals surface area contributed by atoms with Gasteiger partial charge in [-0.2, -0.15) is 0 Å². The van der Waals surface area contributed by atoms with Gasteiger partial charge in [0.2, 0.25) is 0 Å². The third kappa shape index (κ3) is 52.8. The average molecular weight is 485 g/mol. The van der Waals surface area contributed by atoms with E-state index in [1.54, 1.807) is 0 Å². The largest absolute Gasteiger partial charge is 3.00 e. The normalized spacial score (nSPS) is 9.39. The molecule has 0 rings (SSSR count). The number of aliphatic carboxylic acids is 3. The van der Waals surface area contributed by atoms with Crippen LogP contribution in [0.15, 0.2) is 0 Å². The van der Waals surface area contributed by atoms with E-state index in [9.17, 15) is 29.7 Å². The van der Waals surface area contributed by atoms with Crippen molar-refractivity contribution in [3.63, 3.8) is 0 Å². The topological polar surface area (TPSA) is 120 Å². The van der Waals surface area contributed by atoms with Gasteiger partial charge in [0.25, 0.3) is 0 Å². The van der Waals surface area contributed by atoms with Gasteiger partial charge in [-0.05, 0) is 38.5 Å². The van der Waals surface area contributed by atoms with Crippen LogP contribution >= 0.6 is 0 Å². The van der Waals surface area contributed by atoms with Crippen LogP contribution < -0.4 is 15.3 Å². The molecule has 0 aliphatic carbocycles. The maximum absolute atomic E-state index is 9.92. The van der Waals surface area contributed by atoms with Gasteiger partial charge in [-0.25, -0.2) is 0 Å². The molecular formula is C24H45FeO6. The summed E-state index contributed by atoms with van der Waals surface area (Å²) < 4.78 is 0. The van der Waals surface area contributed by atoms with Crippen molar-refractivity contribution >= 4 is 17.9 Å². The van der Waals surface area contributed by atoms with Gasteiger partial charge in [0.15, 0.2) is 0 Å². The first kappa shape index (κ1) is 37.3. The summed E-state index contributed by atoms with van der Waals surface area (Å²) in [6, 6.07) is 0. The monoisotopic (exact) mass is 485 g/mol. The summed E-state index contributed by atoms with van der Waals surface area (Å²) in [6.45, 7) is 6.41. The molecule has 0 saturated carbocycles. The second kappa shape index (κ2) is 33.6. The van der Waals surface area contributed by atoms with Gasteiger partial charge in [0.1, 0.15) is 0 Å². The van der Waals surface area contributed by atoms with Crippen molar-refractivity contribution in [2.24, 2.45) is 0 Å². The number of carbonyl (C=O) groups is 3. The van der Waals surface area contributed by atoms with Gasteiger partial charge < -0.3 is 29.7 Å². The number of hydrogen-bond donors (Lipinski definition) is 0. The van der Waals surface area contributed by atoms with Crippen LogP contribution in [0.25, 0.3) is 0 Å². The van der Waals surface area contributed by atoms with Crippen molar-refractivity contribution in [2.75, 3.05) is 0 Å². The van der Waals surface area contributed by atoms with E-state index in [4.69, 9.17) is 0 Å². The van der Waals surface area contributed by atoms with Gasteiger partial charge in [-0.3, -0.25) is 0 Å². The fraction of sp³-hybridized carbons (Fsp3) is 0.875. The SMILES string of the molecule is CCCCCCCC(=O)[O-].CCCCCCCC(=O)[O-].CCCCCCCC(=O)[O-].[Fe+3]. The third-order valence-electron chi connectivity index (χ3n) is 4.45. The molecule has 0 aliphatic rings. The van der Waals surface area contributed by atoms with E-state index in [2.05, 4.69) is 20.8 Å². The van der Waals surface area contributed by atoms with Crippen molar-refractivity contribution in [3.05, 3.63) is 0 Å². The maximum atomic E-state index is 9.92. The zero-order chi connectivity index (χ0) is 23.5. The Kier molecular flexibility index (Phi) is 40.3. The van der Waals surface area contributed by atoms with E-state index in [1.807, 2.05) is 0 Å². The van der Waals surface area contributed by atoms with E-state index in [0.717, 1.165) is 57.8 Å². The molecule has 0 spiro atoms. The molecule has 0 unspecified atom stereocenters. The Labute approximate surface area is 201 Å². The van der Waals surface area contributed by atoms with Crippen LogP contribution in [0.1, 0.15) is 136 Å². The fourth-order valence-electron chi connectivity index (χ4n) is 2.62. The first-order chi connectivity index (χ1) is 14.3. The summed E-state index contributed by atoms with van der Waals surface area (Å²) in [7, 11) is 0. The van der Waals surface area contributed by atoms with Crippen LogP contribution in [0.3, 0.4) is 0 Å². The quantitative estimate of drug-likeness (QED) is 0.217. The smallest absolute Gasteiger partial charge is 0.550 e. The molecule has 0 amide bonds. The zero-order valence-corrected chi connectivity index (χ0v) is 21.1. The van der Waals surface area contributed by atoms with Crippen molar-refractivity contribution in [1.29, 1.82) is 0 Å². The molecule has 185 valence electrons. The Bertz CT molecular complexity index is 331. The third-order valence-corrected chi connectivity index (χ3v) is 4.45.